The van der Waals surface area contributed by atoms with E-state index in [0.29, 0.717) is 12.0 Å². The van der Waals surface area contributed by atoms with Gasteiger partial charge in [0, 0.05) is 25.7 Å². The monoisotopic (exact) mass is 490 g/mol. The first-order chi connectivity index (χ1) is 12.6. The van der Waals surface area contributed by atoms with Crippen molar-refractivity contribution in [3.05, 3.63) is 23.8 Å². The van der Waals surface area contributed by atoms with Gasteiger partial charge in [0.2, 0.25) is 0 Å². The summed E-state index contributed by atoms with van der Waals surface area (Å²) in [6.07, 6.45) is 5.92. The van der Waals surface area contributed by atoms with E-state index in [9.17, 15) is 0 Å². The third-order valence-electron chi connectivity index (χ3n) is 4.99. The molecule has 0 amide bonds. The Morgan fingerprint density at radius 2 is 2.04 bits per heavy atom. The van der Waals surface area contributed by atoms with E-state index >= 15 is 0 Å². The maximum Gasteiger partial charge on any atom is 0.188 e. The Balaban J connectivity index is 0.00000364. The molecule has 27 heavy (non-hydrogen) atoms. The number of nitrogens with two attached hydrogens (primary N) is 1. The number of aliphatic imine (C=N–C) groups is 1. The molecule has 0 spiro atoms. The second kappa shape index (κ2) is 13.0. The highest BCUT2D eigenvalue weighted by molar-refractivity contribution is 14.0. The first-order valence-corrected chi connectivity index (χ1v) is 9.62. The zero-order valence-electron chi connectivity index (χ0n) is 16.9. The second-order valence-corrected chi connectivity index (χ2v) is 6.87. The van der Waals surface area contributed by atoms with E-state index in [1.165, 1.54) is 31.4 Å². The molecule has 1 unspecified atom stereocenters. The lowest BCUT2D eigenvalue weighted by molar-refractivity contribution is 0.160. The largest absolute Gasteiger partial charge is 0.493 e. The van der Waals surface area contributed by atoms with Crippen molar-refractivity contribution >= 4 is 29.9 Å². The first kappa shape index (κ1) is 23.8. The van der Waals surface area contributed by atoms with Crippen LogP contribution in [0.3, 0.4) is 0 Å². The summed E-state index contributed by atoms with van der Waals surface area (Å²) < 4.78 is 10.6. The van der Waals surface area contributed by atoms with Gasteiger partial charge in [-0.15, -0.1) is 24.0 Å². The summed E-state index contributed by atoms with van der Waals surface area (Å²) in [7, 11) is 3.29. The Hall–Kier alpha value is -1.22. The van der Waals surface area contributed by atoms with Gasteiger partial charge in [0.1, 0.15) is 0 Å². The van der Waals surface area contributed by atoms with Gasteiger partial charge in [0.05, 0.1) is 14.2 Å². The molecule has 1 heterocycles. The highest BCUT2D eigenvalue weighted by atomic mass is 127. The number of likely N-dealkylation sites (tertiary alicyclic amines) is 1. The molecule has 1 fully saturated rings. The van der Waals surface area contributed by atoms with Crippen molar-refractivity contribution in [2.75, 3.05) is 40.4 Å². The fraction of sp³-hybridized carbons (Fsp3) is 0.650. The number of nitrogens with one attached hydrogen (secondary N) is 1. The molecule has 1 aromatic carbocycles. The molecule has 6 nitrogen and oxygen atoms in total. The van der Waals surface area contributed by atoms with E-state index in [4.69, 9.17) is 15.2 Å². The summed E-state index contributed by atoms with van der Waals surface area (Å²) in [6, 6.07) is 6.67. The Morgan fingerprint density at radius 1 is 1.26 bits per heavy atom. The standard InChI is InChI=1S/C20H34N4O2.HI/c1-16-7-4-5-13-24(16)14-6-11-22-20(21)23-12-10-17-8-9-18(25-2)19(15-17)26-3;/h8-9,15-16H,4-7,10-14H2,1-3H3,(H3,21,22,23);1H. The van der Waals surface area contributed by atoms with E-state index in [0.717, 1.165) is 44.0 Å². The van der Waals surface area contributed by atoms with Gasteiger partial charge in [-0.3, -0.25) is 4.99 Å². The van der Waals surface area contributed by atoms with E-state index in [1.807, 2.05) is 18.2 Å². The molecular formula is C20H35IN4O2. The molecule has 0 radical (unpaired) electrons. The van der Waals surface area contributed by atoms with E-state index in [1.54, 1.807) is 14.2 Å². The lowest BCUT2D eigenvalue weighted by atomic mass is 10.0. The van der Waals surface area contributed by atoms with Crippen molar-refractivity contribution in [3.8, 4) is 11.5 Å². The van der Waals surface area contributed by atoms with Crippen LogP contribution >= 0.6 is 24.0 Å². The van der Waals surface area contributed by atoms with Crippen molar-refractivity contribution in [1.29, 1.82) is 0 Å². The summed E-state index contributed by atoms with van der Waals surface area (Å²) in [5.74, 6) is 2.02. The Kier molecular flexibility index (Phi) is 11.5. The van der Waals surface area contributed by atoms with Crippen molar-refractivity contribution in [2.24, 2.45) is 10.7 Å². The first-order valence-electron chi connectivity index (χ1n) is 9.62. The summed E-state index contributed by atoms with van der Waals surface area (Å²) in [6.45, 7) is 6.19. The number of nitrogens with zero attached hydrogens (tertiary/aromatic N) is 2. The van der Waals surface area contributed by atoms with Crippen molar-refractivity contribution in [3.63, 3.8) is 0 Å². The third kappa shape index (κ3) is 8.13. The highest BCUT2D eigenvalue weighted by Gasteiger charge is 2.16. The van der Waals surface area contributed by atoms with Crippen molar-refractivity contribution in [1.82, 2.24) is 10.2 Å². The van der Waals surface area contributed by atoms with Crippen molar-refractivity contribution in [2.45, 2.75) is 45.1 Å². The van der Waals surface area contributed by atoms with Crippen LogP contribution in [0, 0.1) is 0 Å². The van der Waals surface area contributed by atoms with Crippen LogP contribution in [-0.4, -0.2) is 57.3 Å². The molecule has 3 N–H and O–H groups in total. The molecule has 1 saturated heterocycles. The Bertz CT molecular complexity index is 583. The molecule has 2 rings (SSSR count). The van der Waals surface area contributed by atoms with Gasteiger partial charge in [-0.25, -0.2) is 0 Å². The summed E-state index contributed by atoms with van der Waals surface area (Å²) in [5, 5.41) is 3.19. The number of piperidine rings is 1. The van der Waals surface area contributed by atoms with Crippen LogP contribution in [0.15, 0.2) is 23.2 Å². The molecular weight excluding hydrogens is 455 g/mol. The van der Waals surface area contributed by atoms with E-state index < -0.39 is 0 Å². The van der Waals surface area contributed by atoms with Crippen LogP contribution in [0.4, 0.5) is 0 Å². The van der Waals surface area contributed by atoms with E-state index in [2.05, 4.69) is 22.1 Å². The quantitative estimate of drug-likeness (QED) is 0.241. The predicted molar refractivity (Wildman–Crippen MR) is 123 cm³/mol. The fourth-order valence-corrected chi connectivity index (χ4v) is 3.39. The normalized spacial score (nSPS) is 17.9. The Morgan fingerprint density at radius 3 is 2.74 bits per heavy atom. The van der Waals surface area contributed by atoms with Crippen molar-refractivity contribution < 1.29 is 9.47 Å². The minimum absolute atomic E-state index is 0. The maximum absolute atomic E-state index is 5.97. The van der Waals surface area contributed by atoms with Crippen LogP contribution in [0.1, 0.15) is 38.2 Å². The zero-order valence-corrected chi connectivity index (χ0v) is 19.2. The van der Waals surface area contributed by atoms with Gasteiger partial charge < -0.3 is 25.4 Å². The van der Waals surface area contributed by atoms with Crippen LogP contribution in [0.5, 0.6) is 11.5 Å². The predicted octanol–water partition coefficient (Wildman–Crippen LogP) is 3.03. The lowest BCUT2D eigenvalue weighted by Gasteiger charge is -2.33. The smallest absolute Gasteiger partial charge is 0.188 e. The summed E-state index contributed by atoms with van der Waals surface area (Å²) >= 11 is 0. The van der Waals surface area contributed by atoms with Crippen LogP contribution in [-0.2, 0) is 6.42 Å². The molecule has 7 heteroatoms. The lowest BCUT2D eigenvalue weighted by Crippen LogP contribution is -2.38. The van der Waals surface area contributed by atoms with Gasteiger partial charge in [-0.1, -0.05) is 12.5 Å². The van der Waals surface area contributed by atoms with Crippen LogP contribution in [0.2, 0.25) is 0 Å². The minimum atomic E-state index is 0. The molecule has 1 aliphatic heterocycles. The number of ether oxygens (including phenoxy) is 2. The Labute approximate surface area is 180 Å². The topological polar surface area (TPSA) is 72.1 Å². The number of methoxy groups -OCH3 is 2. The molecule has 0 aromatic heterocycles. The number of benzene rings is 1. The second-order valence-electron chi connectivity index (χ2n) is 6.87. The summed E-state index contributed by atoms with van der Waals surface area (Å²) in [5.41, 5.74) is 7.14. The average Bonchev–Trinajstić information content (AvgIpc) is 2.66. The fourth-order valence-electron chi connectivity index (χ4n) is 3.39. The molecule has 1 atom stereocenters. The average molecular weight is 490 g/mol. The van der Waals surface area contributed by atoms with Gasteiger partial charge in [0.15, 0.2) is 17.5 Å². The number of hydrogen-bond acceptors (Lipinski definition) is 4. The van der Waals surface area contributed by atoms with E-state index in [-0.39, 0.29) is 24.0 Å². The number of hydrogen-bond donors (Lipinski definition) is 2. The molecule has 0 saturated carbocycles. The third-order valence-corrected chi connectivity index (χ3v) is 4.99. The summed E-state index contributed by atoms with van der Waals surface area (Å²) in [4.78, 5) is 7.01. The SMILES string of the molecule is COc1ccc(CCNC(N)=NCCCN2CCCCC2C)cc1OC.I. The van der Waals surface area contributed by atoms with Gasteiger partial charge in [0.25, 0.3) is 0 Å². The molecule has 1 aromatic rings. The molecule has 0 aliphatic carbocycles. The number of halogens is 1. The maximum atomic E-state index is 5.97. The van der Waals surface area contributed by atoms with Gasteiger partial charge in [-0.2, -0.15) is 0 Å². The number of rotatable bonds is 9. The molecule has 0 bridgehead atoms. The van der Waals surface area contributed by atoms with Crippen LogP contribution in [0.25, 0.3) is 0 Å². The van der Waals surface area contributed by atoms with Crippen LogP contribution < -0.4 is 20.5 Å². The highest BCUT2D eigenvalue weighted by Crippen LogP contribution is 2.27. The molecule has 154 valence electrons. The minimum Gasteiger partial charge on any atom is -0.493 e. The van der Waals surface area contributed by atoms with Gasteiger partial charge in [-0.05, 0) is 56.8 Å². The zero-order chi connectivity index (χ0) is 18.8. The van der Waals surface area contributed by atoms with Gasteiger partial charge >= 0.3 is 0 Å². The number of guanidine groups is 1. The molecule has 1 aliphatic rings.